The van der Waals surface area contributed by atoms with E-state index in [9.17, 15) is 5.41 Å². The highest BCUT2D eigenvalue weighted by Gasteiger charge is 2.39. The number of aliphatic imine (C=N–C) groups is 3. The number of allylic oxidation sites excluding steroid dienone is 12. The van der Waals surface area contributed by atoms with Crippen molar-refractivity contribution >= 4 is 67.8 Å². The van der Waals surface area contributed by atoms with E-state index in [1.54, 1.807) is 0 Å². The lowest BCUT2D eigenvalue weighted by Crippen LogP contribution is -2.37. The first-order valence-corrected chi connectivity index (χ1v) is 22.1. The Kier molecular flexibility index (Phi) is 9.30. The Labute approximate surface area is 368 Å². The van der Waals surface area contributed by atoms with Crippen molar-refractivity contribution < 1.29 is 0 Å². The van der Waals surface area contributed by atoms with Crippen molar-refractivity contribution in [1.82, 2.24) is 9.88 Å². The number of fused-ring (bicyclic) bond motifs is 7. The lowest BCUT2D eigenvalue weighted by molar-refractivity contribution is 0.633. The number of nitrogens with zero attached hydrogens (tertiary/aromatic N) is 5. The average molecular weight is 820 g/mol. The molecule has 0 fully saturated rings. The molecule has 6 aromatic rings. The summed E-state index contributed by atoms with van der Waals surface area (Å²) < 4.78 is 2.26. The standard InChI is InChI=1S/C56H49N7/c1-5-15-39(30-36-25-26-37-16-6-8-18-40(37)31-36)35(2)59-54(57)62-49-24-13-11-22-46(49)56(3,4)47-33-45-43-20-10-12-23-48(43)63(50(45)34-51(47)62)55-60-52(44-21-14-29-58-53(44)61-55)42-28-27-38-17-7-9-19-41(38)32-42/h5-13,15-20,22-30,32-34,40,52,57H,14,21,31H2,1-4H3,(H,60,61). The quantitative estimate of drug-likeness (QED) is 0.106. The number of anilines is 2. The topological polar surface area (TPSA) is 81.1 Å². The van der Waals surface area contributed by atoms with Crippen LogP contribution in [0.4, 0.5) is 11.4 Å². The summed E-state index contributed by atoms with van der Waals surface area (Å²) in [6.07, 6.45) is 24.3. The molecule has 4 heterocycles. The minimum absolute atomic E-state index is 0.158. The summed E-state index contributed by atoms with van der Waals surface area (Å²) in [7, 11) is 0. The molecule has 5 aromatic carbocycles. The van der Waals surface area contributed by atoms with Gasteiger partial charge in [-0.2, -0.15) is 0 Å². The molecule has 0 saturated heterocycles. The Morgan fingerprint density at radius 2 is 1.68 bits per heavy atom. The second-order valence-corrected chi connectivity index (χ2v) is 17.6. The van der Waals surface area contributed by atoms with Gasteiger partial charge in [0.05, 0.1) is 22.4 Å². The molecule has 2 unspecified atom stereocenters. The number of hydrogen-bond donors (Lipinski definition) is 2. The molecular weight excluding hydrogens is 771 g/mol. The molecule has 0 saturated carbocycles. The van der Waals surface area contributed by atoms with Crippen LogP contribution in [0.25, 0.3) is 32.6 Å². The molecule has 7 heteroatoms. The third kappa shape index (κ3) is 6.49. The van der Waals surface area contributed by atoms with Crippen LogP contribution in [0.2, 0.25) is 0 Å². The molecule has 0 amide bonds. The molecule has 1 aromatic heterocycles. The van der Waals surface area contributed by atoms with E-state index in [-0.39, 0.29) is 17.4 Å². The van der Waals surface area contributed by atoms with Crippen LogP contribution < -0.4 is 10.2 Å². The first-order chi connectivity index (χ1) is 30.8. The van der Waals surface area contributed by atoms with Crippen LogP contribution in [0.5, 0.6) is 0 Å². The predicted molar refractivity (Wildman–Crippen MR) is 264 cm³/mol. The number of rotatable bonds is 4. The van der Waals surface area contributed by atoms with Gasteiger partial charge in [0.25, 0.3) is 0 Å². The monoisotopic (exact) mass is 819 g/mol. The number of guanidine groups is 1. The summed E-state index contributed by atoms with van der Waals surface area (Å²) in [4.78, 5) is 17.7. The zero-order chi connectivity index (χ0) is 42.8. The maximum absolute atomic E-state index is 9.90. The van der Waals surface area contributed by atoms with Crippen LogP contribution >= 0.6 is 0 Å². The first kappa shape index (κ1) is 38.5. The summed E-state index contributed by atoms with van der Waals surface area (Å²) in [5.74, 6) is 2.13. The van der Waals surface area contributed by atoms with Crippen LogP contribution in [0.3, 0.4) is 0 Å². The zero-order valence-electron chi connectivity index (χ0n) is 36.1. The Morgan fingerprint density at radius 1 is 0.857 bits per heavy atom. The normalized spacial score (nSPS) is 20.3. The molecule has 2 atom stereocenters. The molecule has 3 aliphatic heterocycles. The number of hydrogen-bond acceptors (Lipinski definition) is 4. The van der Waals surface area contributed by atoms with Gasteiger partial charge in [-0.1, -0.05) is 135 Å². The largest absolute Gasteiger partial charge is 0.310 e. The number of aromatic nitrogens is 1. The van der Waals surface area contributed by atoms with Crippen LogP contribution in [-0.2, 0) is 5.41 Å². The van der Waals surface area contributed by atoms with Crippen molar-refractivity contribution in [3.05, 3.63) is 203 Å². The molecule has 5 aliphatic rings. The minimum Gasteiger partial charge on any atom is -0.310 e. The number of benzene rings is 5. The van der Waals surface area contributed by atoms with E-state index in [1.165, 1.54) is 27.5 Å². The van der Waals surface area contributed by atoms with Gasteiger partial charge in [0.1, 0.15) is 11.9 Å². The number of nitrogens with one attached hydrogen (secondary N) is 2. The van der Waals surface area contributed by atoms with E-state index in [0.717, 1.165) is 92.2 Å². The molecule has 11 rings (SSSR count). The molecule has 308 valence electrons. The summed E-state index contributed by atoms with van der Waals surface area (Å²) in [6.45, 7) is 8.64. The van der Waals surface area contributed by atoms with Crippen LogP contribution in [0.15, 0.2) is 201 Å². The zero-order valence-corrected chi connectivity index (χ0v) is 36.1. The van der Waals surface area contributed by atoms with E-state index < -0.39 is 0 Å². The van der Waals surface area contributed by atoms with Gasteiger partial charge in [-0.25, -0.2) is 15.0 Å². The molecular formula is C56H49N7. The smallest absolute Gasteiger partial charge is 0.227 e. The molecule has 2 aliphatic carbocycles. The summed E-state index contributed by atoms with van der Waals surface area (Å²) in [5.41, 5.74) is 12.6. The predicted octanol–water partition coefficient (Wildman–Crippen LogP) is 13.2. The molecule has 0 spiro atoms. The third-order valence-electron chi connectivity index (χ3n) is 13.4. The Hall–Kier alpha value is -7.38. The van der Waals surface area contributed by atoms with Crippen LogP contribution in [-0.4, -0.2) is 28.4 Å². The van der Waals surface area contributed by atoms with E-state index in [0.29, 0.717) is 5.92 Å². The van der Waals surface area contributed by atoms with Gasteiger partial charge >= 0.3 is 0 Å². The van der Waals surface area contributed by atoms with Crippen molar-refractivity contribution in [3.63, 3.8) is 0 Å². The first-order valence-electron chi connectivity index (χ1n) is 22.1. The van der Waals surface area contributed by atoms with Crippen LogP contribution in [0.1, 0.15) is 69.7 Å². The van der Waals surface area contributed by atoms with Gasteiger partial charge in [-0.05, 0) is 114 Å². The molecule has 63 heavy (non-hydrogen) atoms. The second-order valence-electron chi connectivity index (χ2n) is 17.6. The lowest BCUT2D eigenvalue weighted by atomic mass is 9.73. The summed E-state index contributed by atoms with van der Waals surface area (Å²) in [6, 6.07) is 36.7. The van der Waals surface area contributed by atoms with Crippen molar-refractivity contribution in [1.29, 1.82) is 5.41 Å². The van der Waals surface area contributed by atoms with E-state index in [4.69, 9.17) is 15.0 Å². The SMILES string of the molecule is CC=CC(=CC1=CC=C2C=CC=CC2C1)C(C)=NC(=N)N1c2ccccc2C(C)(C)c2cc3c4ccccc4n(C4=NC(c5ccc6ccccc6c5)C5=C(N=CCC5)N4)c3cc21. The van der Waals surface area contributed by atoms with Gasteiger partial charge in [0, 0.05) is 39.6 Å². The van der Waals surface area contributed by atoms with E-state index in [2.05, 4.69) is 182 Å². The fourth-order valence-corrected chi connectivity index (χ4v) is 10.2. The van der Waals surface area contributed by atoms with Gasteiger partial charge in [-0.15, -0.1) is 0 Å². The van der Waals surface area contributed by atoms with Crippen molar-refractivity contribution in [2.75, 3.05) is 4.90 Å². The third-order valence-corrected chi connectivity index (χ3v) is 13.4. The Morgan fingerprint density at radius 3 is 2.57 bits per heavy atom. The maximum Gasteiger partial charge on any atom is 0.227 e. The summed E-state index contributed by atoms with van der Waals surface area (Å²) in [5, 5.41) is 18.3. The van der Waals surface area contributed by atoms with Gasteiger partial charge in [-0.3, -0.25) is 14.9 Å². The number of para-hydroxylation sites is 2. The summed E-state index contributed by atoms with van der Waals surface area (Å²) >= 11 is 0. The fourth-order valence-electron chi connectivity index (χ4n) is 10.2. The van der Waals surface area contributed by atoms with Gasteiger partial charge in [0.15, 0.2) is 0 Å². The average Bonchev–Trinajstić information content (AvgIpc) is 3.63. The van der Waals surface area contributed by atoms with E-state index in [1.807, 2.05) is 25.0 Å². The van der Waals surface area contributed by atoms with Gasteiger partial charge in [0.2, 0.25) is 11.9 Å². The van der Waals surface area contributed by atoms with Crippen molar-refractivity contribution in [2.24, 2.45) is 20.9 Å². The Balaban J connectivity index is 1.07. The second kappa shape index (κ2) is 15.2. The highest BCUT2D eigenvalue weighted by molar-refractivity contribution is 6.18. The maximum atomic E-state index is 9.90. The molecule has 7 nitrogen and oxygen atoms in total. The highest BCUT2D eigenvalue weighted by atomic mass is 15.3. The molecule has 0 radical (unpaired) electrons. The molecule has 0 bridgehead atoms. The fraction of sp³-hybridized carbons (Fsp3) is 0.179. The van der Waals surface area contributed by atoms with Crippen LogP contribution in [0, 0.1) is 11.3 Å². The Bertz CT molecular complexity index is 3260. The lowest BCUT2D eigenvalue weighted by Gasteiger charge is -2.41. The van der Waals surface area contributed by atoms with Crippen molar-refractivity contribution in [2.45, 2.75) is 58.4 Å². The van der Waals surface area contributed by atoms with E-state index >= 15 is 0 Å². The molecule has 2 N–H and O–H groups in total. The minimum atomic E-state index is -0.365. The van der Waals surface area contributed by atoms with Crippen molar-refractivity contribution in [3.8, 4) is 0 Å². The van der Waals surface area contributed by atoms with Gasteiger partial charge < -0.3 is 5.32 Å². The highest BCUT2D eigenvalue weighted by Crippen LogP contribution is 2.51.